The molecule has 0 aliphatic heterocycles. The summed E-state index contributed by atoms with van der Waals surface area (Å²) in [6.07, 6.45) is 8.65. The van der Waals surface area contributed by atoms with Gasteiger partial charge < -0.3 is 15.8 Å². The van der Waals surface area contributed by atoms with Gasteiger partial charge in [0.05, 0.1) is 0 Å². The third-order valence-corrected chi connectivity index (χ3v) is 3.26. The zero-order valence-corrected chi connectivity index (χ0v) is 11.7. The van der Waals surface area contributed by atoms with Crippen LogP contribution >= 0.6 is 0 Å². The lowest BCUT2D eigenvalue weighted by Crippen LogP contribution is -2.33. The lowest BCUT2D eigenvalue weighted by molar-refractivity contribution is 0.156. The van der Waals surface area contributed by atoms with E-state index >= 15 is 0 Å². The van der Waals surface area contributed by atoms with E-state index in [-0.39, 0.29) is 12.5 Å². The van der Waals surface area contributed by atoms with Crippen molar-refractivity contribution in [3.63, 3.8) is 0 Å². The third kappa shape index (κ3) is 5.75. The molecule has 0 aromatic rings. The first-order valence-corrected chi connectivity index (χ1v) is 6.74. The number of nitrogens with one attached hydrogen (secondary N) is 1. The molecule has 1 aliphatic rings. The minimum atomic E-state index is -0.414. The zero-order valence-electron chi connectivity index (χ0n) is 11.7. The van der Waals surface area contributed by atoms with Crippen molar-refractivity contribution < 1.29 is 9.53 Å². The maximum absolute atomic E-state index is 11.3. The summed E-state index contributed by atoms with van der Waals surface area (Å²) in [4.78, 5) is 11.3. The number of carbonyl (C=O) groups is 1. The molecule has 0 saturated carbocycles. The Kier molecular flexibility index (Phi) is 6.97. The Bertz CT molecular complexity index is 372. The van der Waals surface area contributed by atoms with Crippen molar-refractivity contribution >= 4 is 6.09 Å². The van der Waals surface area contributed by atoms with Gasteiger partial charge in [0.15, 0.2) is 0 Å². The second kappa shape index (κ2) is 8.53. The normalized spacial score (nSPS) is 16.1. The number of rotatable bonds is 7. The van der Waals surface area contributed by atoms with E-state index in [9.17, 15) is 4.79 Å². The highest BCUT2D eigenvalue weighted by Gasteiger charge is 2.13. The lowest BCUT2D eigenvalue weighted by atomic mass is 9.91. The van der Waals surface area contributed by atoms with Gasteiger partial charge in [-0.2, -0.15) is 0 Å². The Morgan fingerprint density at radius 2 is 2.47 bits per heavy atom. The molecule has 0 radical (unpaired) electrons. The molecular formula is C15H24N2O2. The Balaban J connectivity index is 2.39. The van der Waals surface area contributed by atoms with Crippen LogP contribution in [0.5, 0.6) is 0 Å². The highest BCUT2D eigenvalue weighted by molar-refractivity contribution is 5.67. The van der Waals surface area contributed by atoms with Crippen molar-refractivity contribution in [2.75, 3.05) is 19.7 Å². The van der Waals surface area contributed by atoms with Crippen molar-refractivity contribution in [2.45, 2.75) is 26.2 Å². The van der Waals surface area contributed by atoms with Crippen LogP contribution in [-0.2, 0) is 4.74 Å². The topological polar surface area (TPSA) is 64.3 Å². The van der Waals surface area contributed by atoms with E-state index in [0.717, 1.165) is 19.3 Å². The summed E-state index contributed by atoms with van der Waals surface area (Å²) < 4.78 is 4.86. The average molecular weight is 264 g/mol. The van der Waals surface area contributed by atoms with Crippen LogP contribution < -0.4 is 11.1 Å². The molecule has 1 rings (SSSR count). The number of amides is 1. The van der Waals surface area contributed by atoms with Crippen LogP contribution in [0.15, 0.2) is 36.0 Å². The maximum atomic E-state index is 11.3. The van der Waals surface area contributed by atoms with Crippen LogP contribution in [0.3, 0.4) is 0 Å². The van der Waals surface area contributed by atoms with E-state index in [0.29, 0.717) is 13.1 Å². The van der Waals surface area contributed by atoms with Crippen LogP contribution in [0.1, 0.15) is 26.2 Å². The predicted octanol–water partition coefficient (Wildman–Crippen LogP) is 2.53. The number of ether oxygens (including phenoxy) is 1. The molecular weight excluding hydrogens is 240 g/mol. The summed E-state index contributed by atoms with van der Waals surface area (Å²) in [6, 6.07) is 0. The van der Waals surface area contributed by atoms with E-state index in [1.807, 2.05) is 0 Å². The average Bonchev–Trinajstić information content (AvgIpc) is 2.43. The molecule has 1 unspecified atom stereocenters. The smallest absolute Gasteiger partial charge is 0.407 e. The Morgan fingerprint density at radius 3 is 3.11 bits per heavy atom. The number of alkyl carbamates (subject to hydrolysis) is 1. The van der Waals surface area contributed by atoms with Crippen molar-refractivity contribution in [1.82, 2.24) is 5.32 Å². The first-order valence-electron chi connectivity index (χ1n) is 6.74. The van der Waals surface area contributed by atoms with Gasteiger partial charge in [-0.05, 0) is 44.2 Å². The van der Waals surface area contributed by atoms with Crippen molar-refractivity contribution in [3.8, 4) is 0 Å². The van der Waals surface area contributed by atoms with E-state index in [1.54, 1.807) is 6.08 Å². The van der Waals surface area contributed by atoms with Gasteiger partial charge >= 0.3 is 6.09 Å². The fourth-order valence-electron chi connectivity index (χ4n) is 2.03. The molecule has 4 nitrogen and oxygen atoms in total. The van der Waals surface area contributed by atoms with Gasteiger partial charge in [-0.1, -0.05) is 30.4 Å². The zero-order chi connectivity index (χ0) is 14.1. The Morgan fingerprint density at radius 1 is 1.68 bits per heavy atom. The van der Waals surface area contributed by atoms with Crippen LogP contribution in [0, 0.1) is 5.92 Å². The second-order valence-electron chi connectivity index (χ2n) is 4.82. The van der Waals surface area contributed by atoms with E-state index in [1.165, 1.54) is 11.1 Å². The molecule has 1 aliphatic carbocycles. The number of hydrogen-bond donors (Lipinski definition) is 2. The molecule has 0 spiro atoms. The quantitative estimate of drug-likeness (QED) is 0.694. The molecule has 1 atom stereocenters. The van der Waals surface area contributed by atoms with Crippen molar-refractivity contribution in [2.24, 2.45) is 11.7 Å². The minimum Gasteiger partial charge on any atom is -0.445 e. The van der Waals surface area contributed by atoms with Gasteiger partial charge in [0.2, 0.25) is 0 Å². The van der Waals surface area contributed by atoms with Gasteiger partial charge in [-0.3, -0.25) is 0 Å². The summed E-state index contributed by atoms with van der Waals surface area (Å²) in [6.45, 7) is 6.97. The fourth-order valence-corrected chi connectivity index (χ4v) is 2.03. The second-order valence-corrected chi connectivity index (χ2v) is 4.82. The summed E-state index contributed by atoms with van der Waals surface area (Å²) in [5, 5.41) is 2.74. The lowest BCUT2D eigenvalue weighted by Gasteiger charge is -2.19. The fraction of sp³-hybridized carbons (Fsp3) is 0.533. The van der Waals surface area contributed by atoms with Crippen molar-refractivity contribution in [1.29, 1.82) is 0 Å². The number of allylic oxidation sites excluding steroid dienone is 4. The van der Waals surface area contributed by atoms with Crippen LogP contribution in [0.2, 0.25) is 0 Å². The largest absolute Gasteiger partial charge is 0.445 e. The number of nitrogens with two attached hydrogens (primary N) is 1. The molecule has 0 bridgehead atoms. The molecule has 3 N–H and O–H groups in total. The Hall–Kier alpha value is -1.55. The Labute approximate surface area is 115 Å². The van der Waals surface area contributed by atoms with Crippen LogP contribution in [0.25, 0.3) is 0 Å². The predicted molar refractivity (Wildman–Crippen MR) is 77.8 cm³/mol. The summed E-state index contributed by atoms with van der Waals surface area (Å²) in [5.41, 5.74) is 8.54. The summed E-state index contributed by atoms with van der Waals surface area (Å²) in [7, 11) is 0. The standard InChI is InChI=1S/C15H24N2O2/c1-3-8-19-15(18)17-11-13(10-16)9-14-7-5-4-6-12(14)2/h3,5,7,13H,1,4,6,8-11,16H2,2H3,(H,17,18). The SMILES string of the molecule is C=CCOC(=O)NCC(CN)CC1=C(C)CCC=C1. The number of carbonyl (C=O) groups excluding carboxylic acids is 1. The van der Waals surface area contributed by atoms with E-state index in [4.69, 9.17) is 10.5 Å². The molecule has 19 heavy (non-hydrogen) atoms. The summed E-state index contributed by atoms with van der Waals surface area (Å²) in [5.74, 6) is 0.240. The molecule has 0 fully saturated rings. The molecule has 0 saturated heterocycles. The van der Waals surface area contributed by atoms with Crippen LogP contribution in [0.4, 0.5) is 4.79 Å². The molecule has 1 amide bonds. The number of hydrogen-bond acceptors (Lipinski definition) is 3. The highest BCUT2D eigenvalue weighted by Crippen LogP contribution is 2.23. The highest BCUT2D eigenvalue weighted by atomic mass is 16.5. The van der Waals surface area contributed by atoms with Gasteiger partial charge in [0, 0.05) is 6.54 Å². The van der Waals surface area contributed by atoms with Gasteiger partial charge in [0.1, 0.15) is 6.61 Å². The van der Waals surface area contributed by atoms with Gasteiger partial charge in [0.25, 0.3) is 0 Å². The van der Waals surface area contributed by atoms with E-state index in [2.05, 4.69) is 31.0 Å². The molecule has 4 heteroatoms. The minimum absolute atomic E-state index is 0.228. The molecule has 0 heterocycles. The third-order valence-electron chi connectivity index (χ3n) is 3.26. The van der Waals surface area contributed by atoms with Gasteiger partial charge in [-0.25, -0.2) is 4.79 Å². The van der Waals surface area contributed by atoms with E-state index < -0.39 is 6.09 Å². The van der Waals surface area contributed by atoms with Gasteiger partial charge in [-0.15, -0.1) is 0 Å². The monoisotopic (exact) mass is 264 g/mol. The molecule has 0 aromatic heterocycles. The first-order chi connectivity index (χ1) is 9.17. The first kappa shape index (κ1) is 15.5. The maximum Gasteiger partial charge on any atom is 0.407 e. The molecule has 106 valence electrons. The van der Waals surface area contributed by atoms with Crippen molar-refractivity contribution in [3.05, 3.63) is 36.0 Å². The molecule has 0 aromatic carbocycles. The summed E-state index contributed by atoms with van der Waals surface area (Å²) >= 11 is 0. The van der Waals surface area contributed by atoms with Crippen LogP contribution in [-0.4, -0.2) is 25.8 Å².